The fourth-order valence-corrected chi connectivity index (χ4v) is 8.40. The van der Waals surface area contributed by atoms with Crippen LogP contribution in [0, 0.1) is 0 Å². The Bertz CT molecular complexity index is 3370. The van der Waals surface area contributed by atoms with Gasteiger partial charge in [0.1, 0.15) is 0 Å². The molecule has 10 aromatic carbocycles. The predicted octanol–water partition coefficient (Wildman–Crippen LogP) is 15.0. The molecular formula is C57H37N3. The summed E-state index contributed by atoms with van der Waals surface area (Å²) in [6.07, 6.45) is 0. The molecule has 0 aliphatic carbocycles. The molecule has 0 amide bonds. The zero-order chi connectivity index (χ0) is 39.8. The second-order valence-electron chi connectivity index (χ2n) is 15.2. The highest BCUT2D eigenvalue weighted by molar-refractivity contribution is 5.98. The molecule has 0 atom stereocenters. The summed E-state index contributed by atoms with van der Waals surface area (Å²) in [5.41, 5.74) is 12.1. The van der Waals surface area contributed by atoms with Crippen molar-refractivity contribution in [2.24, 2.45) is 0 Å². The maximum Gasteiger partial charge on any atom is 0.164 e. The van der Waals surface area contributed by atoms with E-state index >= 15 is 0 Å². The van der Waals surface area contributed by atoms with Crippen molar-refractivity contribution in [2.75, 3.05) is 0 Å². The molecule has 0 aliphatic heterocycles. The first-order chi connectivity index (χ1) is 29.7. The van der Waals surface area contributed by atoms with Crippen molar-refractivity contribution < 1.29 is 0 Å². The lowest BCUT2D eigenvalue weighted by atomic mass is 9.93. The number of hydrogen-bond acceptors (Lipinski definition) is 3. The van der Waals surface area contributed by atoms with Crippen LogP contribution in [0.15, 0.2) is 224 Å². The molecule has 1 heterocycles. The minimum Gasteiger partial charge on any atom is -0.208 e. The Morgan fingerprint density at radius 1 is 0.200 bits per heavy atom. The summed E-state index contributed by atoms with van der Waals surface area (Å²) >= 11 is 0. The van der Waals surface area contributed by atoms with E-state index in [1.807, 2.05) is 0 Å². The van der Waals surface area contributed by atoms with E-state index in [1.165, 1.54) is 38.6 Å². The normalized spacial score (nSPS) is 11.3. The fourth-order valence-electron chi connectivity index (χ4n) is 8.40. The third kappa shape index (κ3) is 6.68. The Morgan fingerprint density at radius 2 is 0.617 bits per heavy atom. The van der Waals surface area contributed by atoms with Gasteiger partial charge in [-0.3, -0.25) is 0 Å². The number of benzene rings is 10. The molecule has 1 aromatic heterocycles. The van der Waals surface area contributed by atoms with Gasteiger partial charge >= 0.3 is 0 Å². The van der Waals surface area contributed by atoms with Gasteiger partial charge in [-0.25, -0.2) is 15.0 Å². The highest BCUT2D eigenvalue weighted by Crippen LogP contribution is 2.37. The average Bonchev–Trinajstić information content (AvgIpc) is 3.33. The molecule has 3 heteroatoms. The van der Waals surface area contributed by atoms with E-state index in [-0.39, 0.29) is 0 Å². The van der Waals surface area contributed by atoms with Crippen LogP contribution in [0.4, 0.5) is 0 Å². The maximum absolute atomic E-state index is 5.27. The van der Waals surface area contributed by atoms with Crippen molar-refractivity contribution in [2.45, 2.75) is 0 Å². The van der Waals surface area contributed by atoms with Crippen molar-refractivity contribution in [1.82, 2.24) is 15.0 Å². The Hall–Kier alpha value is -8.01. The molecule has 0 radical (unpaired) electrons. The molecule has 3 nitrogen and oxygen atoms in total. The summed E-state index contributed by atoms with van der Waals surface area (Å²) in [5, 5.41) is 6.98. The van der Waals surface area contributed by atoms with Crippen LogP contribution in [-0.4, -0.2) is 15.0 Å². The maximum atomic E-state index is 5.27. The van der Waals surface area contributed by atoms with E-state index in [0.29, 0.717) is 17.5 Å². The predicted molar refractivity (Wildman–Crippen MR) is 250 cm³/mol. The Kier molecular flexibility index (Phi) is 8.83. The number of nitrogens with zero attached hydrogens (tertiary/aromatic N) is 3. The van der Waals surface area contributed by atoms with Gasteiger partial charge in [-0.05, 0) is 107 Å². The van der Waals surface area contributed by atoms with Gasteiger partial charge in [0.05, 0.1) is 0 Å². The summed E-state index contributed by atoms with van der Waals surface area (Å²) in [6.45, 7) is 0. The van der Waals surface area contributed by atoms with Gasteiger partial charge in [-0.15, -0.1) is 0 Å². The highest BCUT2D eigenvalue weighted by Gasteiger charge is 2.17. The molecule has 0 saturated carbocycles. The molecule has 280 valence electrons. The van der Waals surface area contributed by atoms with E-state index in [9.17, 15) is 0 Å². The van der Waals surface area contributed by atoms with Crippen LogP contribution in [0.1, 0.15) is 0 Å². The molecule has 0 aliphatic rings. The first kappa shape index (κ1) is 35.2. The standard InChI is InChI=1S/C57H37N3/c1-3-13-38(14-4-1)47-28-26-41-19-12-24-53(54(41)37-47)57-59-55(49-21-11-20-48(36-49)52-23-10-9-22-51(52)40-16-5-2-6-17-40)58-56(60-57)50-32-31-45-34-44(29-30-46(45)35-50)43-27-25-39-15-7-8-18-42(39)33-43/h1-37H. The topological polar surface area (TPSA) is 38.7 Å². The molecule has 0 N–H and O–H groups in total. The summed E-state index contributed by atoms with van der Waals surface area (Å²) in [4.78, 5) is 15.8. The molecule has 0 fully saturated rings. The molecular weight excluding hydrogens is 727 g/mol. The number of rotatable bonds is 7. The average molecular weight is 764 g/mol. The SMILES string of the molecule is c1ccc(-c2ccc3cccc(-c4nc(-c5cccc(-c6ccccc6-c6ccccc6)c5)nc(-c5ccc6cc(-c7ccc8ccccc8c7)ccc6c5)n4)c3c2)cc1. The molecule has 11 aromatic rings. The molecule has 0 bridgehead atoms. The van der Waals surface area contributed by atoms with Gasteiger partial charge in [0.2, 0.25) is 0 Å². The lowest BCUT2D eigenvalue weighted by Gasteiger charge is -2.13. The number of aromatic nitrogens is 3. The van der Waals surface area contributed by atoms with Crippen molar-refractivity contribution in [3.8, 4) is 78.7 Å². The van der Waals surface area contributed by atoms with Crippen molar-refractivity contribution >= 4 is 32.3 Å². The largest absolute Gasteiger partial charge is 0.208 e. The van der Waals surface area contributed by atoms with Crippen molar-refractivity contribution in [3.63, 3.8) is 0 Å². The minimum atomic E-state index is 0.622. The lowest BCUT2D eigenvalue weighted by Crippen LogP contribution is -2.01. The van der Waals surface area contributed by atoms with Crippen LogP contribution in [-0.2, 0) is 0 Å². The van der Waals surface area contributed by atoms with Crippen LogP contribution in [0.5, 0.6) is 0 Å². The number of fused-ring (bicyclic) bond motifs is 3. The van der Waals surface area contributed by atoms with E-state index in [0.717, 1.165) is 54.9 Å². The van der Waals surface area contributed by atoms with Gasteiger partial charge in [-0.2, -0.15) is 0 Å². The Morgan fingerprint density at radius 3 is 1.33 bits per heavy atom. The molecule has 11 rings (SSSR count). The van der Waals surface area contributed by atoms with Gasteiger partial charge in [-0.1, -0.05) is 194 Å². The Labute approximate surface area is 349 Å². The van der Waals surface area contributed by atoms with Gasteiger partial charge in [0.15, 0.2) is 17.5 Å². The van der Waals surface area contributed by atoms with Gasteiger partial charge in [0.25, 0.3) is 0 Å². The Balaban J connectivity index is 1.06. The minimum absolute atomic E-state index is 0.622. The smallest absolute Gasteiger partial charge is 0.164 e. The first-order valence-corrected chi connectivity index (χ1v) is 20.3. The van der Waals surface area contributed by atoms with Crippen LogP contribution in [0.3, 0.4) is 0 Å². The molecule has 0 unspecified atom stereocenters. The van der Waals surface area contributed by atoms with E-state index < -0.39 is 0 Å². The van der Waals surface area contributed by atoms with E-state index in [2.05, 4.69) is 224 Å². The fraction of sp³-hybridized carbons (Fsp3) is 0. The summed E-state index contributed by atoms with van der Waals surface area (Å²) in [7, 11) is 0. The van der Waals surface area contributed by atoms with Crippen LogP contribution in [0.2, 0.25) is 0 Å². The monoisotopic (exact) mass is 763 g/mol. The summed E-state index contributed by atoms with van der Waals surface area (Å²) in [6, 6.07) is 79.6. The van der Waals surface area contributed by atoms with Crippen LogP contribution in [0.25, 0.3) is 111 Å². The van der Waals surface area contributed by atoms with Crippen LogP contribution >= 0.6 is 0 Å². The summed E-state index contributed by atoms with van der Waals surface area (Å²) < 4.78 is 0. The molecule has 0 saturated heterocycles. The zero-order valence-electron chi connectivity index (χ0n) is 32.7. The summed E-state index contributed by atoms with van der Waals surface area (Å²) in [5.74, 6) is 1.88. The third-order valence-electron chi connectivity index (χ3n) is 11.5. The quantitative estimate of drug-likeness (QED) is 0.162. The van der Waals surface area contributed by atoms with E-state index in [4.69, 9.17) is 15.0 Å². The number of hydrogen-bond donors (Lipinski definition) is 0. The zero-order valence-corrected chi connectivity index (χ0v) is 32.7. The first-order valence-electron chi connectivity index (χ1n) is 20.3. The van der Waals surface area contributed by atoms with Crippen molar-refractivity contribution in [1.29, 1.82) is 0 Å². The second-order valence-corrected chi connectivity index (χ2v) is 15.2. The lowest BCUT2D eigenvalue weighted by molar-refractivity contribution is 1.08. The van der Waals surface area contributed by atoms with E-state index in [1.54, 1.807) is 0 Å². The molecule has 60 heavy (non-hydrogen) atoms. The highest BCUT2D eigenvalue weighted by atomic mass is 15.0. The van der Waals surface area contributed by atoms with Gasteiger partial charge in [0, 0.05) is 16.7 Å². The second kappa shape index (κ2) is 15.1. The van der Waals surface area contributed by atoms with Crippen LogP contribution < -0.4 is 0 Å². The van der Waals surface area contributed by atoms with Crippen molar-refractivity contribution in [3.05, 3.63) is 224 Å². The third-order valence-corrected chi connectivity index (χ3v) is 11.5. The molecule has 0 spiro atoms. The van der Waals surface area contributed by atoms with Gasteiger partial charge < -0.3 is 0 Å².